The van der Waals surface area contributed by atoms with Gasteiger partial charge in [0.15, 0.2) is 17.5 Å². The van der Waals surface area contributed by atoms with Crippen molar-refractivity contribution in [3.63, 3.8) is 0 Å². The lowest BCUT2D eigenvalue weighted by Gasteiger charge is -2.30. The van der Waals surface area contributed by atoms with E-state index in [4.69, 9.17) is 19.4 Å². The maximum atomic E-state index is 6.51. The zero-order valence-electron chi connectivity index (χ0n) is 36.8. The van der Waals surface area contributed by atoms with Gasteiger partial charge in [-0.3, -0.25) is 0 Å². The molecule has 2 aliphatic rings. The predicted molar refractivity (Wildman–Crippen MR) is 276 cm³/mol. The molecule has 0 bridgehead atoms. The van der Waals surface area contributed by atoms with E-state index in [-0.39, 0.29) is 5.41 Å². The summed E-state index contributed by atoms with van der Waals surface area (Å²) in [6, 6.07) is 84.7. The summed E-state index contributed by atoms with van der Waals surface area (Å²) < 4.78 is 6.51. The fourth-order valence-corrected chi connectivity index (χ4v) is 11.2. The molecule has 68 heavy (non-hydrogen) atoms. The van der Waals surface area contributed by atoms with Crippen molar-refractivity contribution >= 4 is 21.9 Å². The zero-order chi connectivity index (χ0) is 44.8. The first-order valence-electron chi connectivity index (χ1n) is 23.2. The molecule has 316 valence electrons. The van der Waals surface area contributed by atoms with Gasteiger partial charge in [-0.05, 0) is 102 Å². The molecular weight excluding hydrogens is 827 g/mol. The third kappa shape index (κ3) is 5.71. The highest BCUT2D eigenvalue weighted by atomic mass is 16.3. The van der Waals surface area contributed by atoms with Crippen LogP contribution in [0.1, 0.15) is 22.3 Å². The molecule has 12 aromatic rings. The van der Waals surface area contributed by atoms with Crippen molar-refractivity contribution in [1.29, 1.82) is 0 Å². The van der Waals surface area contributed by atoms with Gasteiger partial charge in [0.05, 0.1) is 5.41 Å². The van der Waals surface area contributed by atoms with Crippen LogP contribution in [0.5, 0.6) is 0 Å². The Bertz CT molecular complexity index is 3860. The second-order valence-corrected chi connectivity index (χ2v) is 17.8. The normalized spacial score (nSPS) is 12.8. The molecule has 2 aliphatic carbocycles. The summed E-state index contributed by atoms with van der Waals surface area (Å²) in [5, 5.41) is 1.98. The Morgan fingerprint density at radius 3 is 1.41 bits per heavy atom. The van der Waals surface area contributed by atoms with Crippen molar-refractivity contribution in [2.75, 3.05) is 0 Å². The molecule has 0 saturated carbocycles. The molecule has 2 heterocycles. The van der Waals surface area contributed by atoms with E-state index in [1.807, 2.05) is 72.8 Å². The molecule has 0 aliphatic heterocycles. The smallest absolute Gasteiger partial charge is 0.164 e. The highest BCUT2D eigenvalue weighted by Gasteiger charge is 2.51. The van der Waals surface area contributed by atoms with Crippen LogP contribution in [-0.4, -0.2) is 15.0 Å². The monoisotopic (exact) mass is 865 g/mol. The summed E-state index contributed by atoms with van der Waals surface area (Å²) in [7, 11) is 0. The van der Waals surface area contributed by atoms with E-state index in [0.29, 0.717) is 17.5 Å². The molecule has 4 heteroatoms. The largest absolute Gasteiger partial charge is 0.456 e. The van der Waals surface area contributed by atoms with Gasteiger partial charge >= 0.3 is 0 Å². The van der Waals surface area contributed by atoms with Crippen LogP contribution in [-0.2, 0) is 5.41 Å². The second kappa shape index (κ2) is 15.0. The van der Waals surface area contributed by atoms with Gasteiger partial charge in [0, 0.05) is 27.5 Å². The van der Waals surface area contributed by atoms with Crippen LogP contribution in [0.25, 0.3) is 112 Å². The first-order chi connectivity index (χ1) is 33.7. The minimum absolute atomic E-state index is 0.368. The fraction of sp³-hybridized carbons (Fsp3) is 0.0156. The van der Waals surface area contributed by atoms with Crippen LogP contribution in [0.4, 0.5) is 0 Å². The molecule has 14 rings (SSSR count). The lowest BCUT2D eigenvalue weighted by atomic mass is 9.70. The summed E-state index contributed by atoms with van der Waals surface area (Å²) >= 11 is 0. The Morgan fingerprint density at radius 1 is 0.279 bits per heavy atom. The van der Waals surface area contributed by atoms with E-state index < -0.39 is 0 Å². The lowest BCUT2D eigenvalue weighted by Crippen LogP contribution is -2.25. The van der Waals surface area contributed by atoms with Crippen molar-refractivity contribution < 1.29 is 4.42 Å². The van der Waals surface area contributed by atoms with Gasteiger partial charge in [-0.1, -0.05) is 212 Å². The highest BCUT2D eigenvalue weighted by Crippen LogP contribution is 2.64. The summed E-state index contributed by atoms with van der Waals surface area (Å²) in [5.74, 6) is 1.84. The standard InChI is InChI=1S/C64H39N3O/c1-3-16-42(17-4-1)61-65-62(43-18-5-2-6-19-43)67-63(66-61)51-26-15-31-58-60(51)52-39-46(36-37-57(52)68-58)45-21-13-20-44(38-45)40-32-34-41(35-33-40)47-25-14-30-56-59(47)50-24-9-12-29-55(50)64(56)53-27-10-7-22-48(53)49-23-8-11-28-54(49)64/h1-39H. The Kier molecular flexibility index (Phi) is 8.46. The van der Waals surface area contributed by atoms with Crippen molar-refractivity contribution in [3.05, 3.63) is 259 Å². The summed E-state index contributed by atoms with van der Waals surface area (Å²) in [6.07, 6.45) is 0. The number of fused-ring (bicyclic) bond motifs is 13. The zero-order valence-corrected chi connectivity index (χ0v) is 36.8. The number of aromatic nitrogens is 3. The maximum Gasteiger partial charge on any atom is 0.164 e. The molecule has 0 amide bonds. The Hall–Kier alpha value is -8.99. The van der Waals surface area contributed by atoms with Crippen LogP contribution >= 0.6 is 0 Å². The van der Waals surface area contributed by atoms with Gasteiger partial charge in [0.1, 0.15) is 11.2 Å². The Morgan fingerprint density at radius 2 is 0.735 bits per heavy atom. The van der Waals surface area contributed by atoms with E-state index in [1.54, 1.807) is 0 Å². The summed E-state index contributed by atoms with van der Waals surface area (Å²) in [4.78, 5) is 15.1. The maximum absolute atomic E-state index is 6.51. The molecule has 0 radical (unpaired) electrons. The molecule has 0 saturated heterocycles. The Balaban J connectivity index is 0.841. The Labute approximate surface area is 393 Å². The van der Waals surface area contributed by atoms with Crippen molar-refractivity contribution in [2.45, 2.75) is 5.41 Å². The van der Waals surface area contributed by atoms with Crippen LogP contribution in [0.3, 0.4) is 0 Å². The van der Waals surface area contributed by atoms with Crippen molar-refractivity contribution in [3.8, 4) is 89.8 Å². The predicted octanol–water partition coefficient (Wildman–Crippen LogP) is 16.1. The molecule has 0 atom stereocenters. The van der Waals surface area contributed by atoms with Crippen LogP contribution in [0, 0.1) is 0 Å². The minimum Gasteiger partial charge on any atom is -0.456 e. The molecule has 0 unspecified atom stereocenters. The second-order valence-electron chi connectivity index (χ2n) is 17.8. The van der Waals surface area contributed by atoms with Crippen LogP contribution in [0.2, 0.25) is 0 Å². The van der Waals surface area contributed by atoms with E-state index in [0.717, 1.165) is 60.9 Å². The lowest BCUT2D eigenvalue weighted by molar-refractivity contribution is 0.669. The molecule has 1 spiro atoms. The average molecular weight is 866 g/mol. The number of benzene rings is 10. The minimum atomic E-state index is -0.368. The van der Waals surface area contributed by atoms with Gasteiger partial charge in [-0.2, -0.15) is 0 Å². The third-order valence-corrected chi connectivity index (χ3v) is 14.2. The van der Waals surface area contributed by atoms with E-state index in [1.165, 1.54) is 55.6 Å². The van der Waals surface area contributed by atoms with Gasteiger partial charge in [-0.15, -0.1) is 0 Å². The molecule has 2 aromatic heterocycles. The summed E-state index contributed by atoms with van der Waals surface area (Å²) in [6.45, 7) is 0. The average Bonchev–Trinajstić information content (AvgIpc) is 4.05. The first-order valence-corrected chi connectivity index (χ1v) is 23.2. The number of furan rings is 1. The molecule has 0 fully saturated rings. The third-order valence-electron chi connectivity index (χ3n) is 14.2. The first kappa shape index (κ1) is 38.3. The van der Waals surface area contributed by atoms with Crippen LogP contribution < -0.4 is 0 Å². The molecule has 0 N–H and O–H groups in total. The summed E-state index contributed by atoms with van der Waals surface area (Å²) in [5.41, 5.74) is 21.6. The number of nitrogens with zero attached hydrogens (tertiary/aromatic N) is 3. The number of hydrogen-bond donors (Lipinski definition) is 0. The van der Waals surface area contributed by atoms with Gasteiger partial charge in [-0.25, -0.2) is 15.0 Å². The van der Waals surface area contributed by atoms with E-state index in [9.17, 15) is 0 Å². The quantitative estimate of drug-likeness (QED) is 0.167. The number of hydrogen-bond acceptors (Lipinski definition) is 4. The van der Waals surface area contributed by atoms with Gasteiger partial charge < -0.3 is 4.42 Å². The topological polar surface area (TPSA) is 51.8 Å². The number of rotatable bonds is 6. The van der Waals surface area contributed by atoms with Gasteiger partial charge in [0.25, 0.3) is 0 Å². The van der Waals surface area contributed by atoms with E-state index >= 15 is 0 Å². The van der Waals surface area contributed by atoms with Crippen LogP contribution in [0.15, 0.2) is 241 Å². The molecule has 4 nitrogen and oxygen atoms in total. The van der Waals surface area contributed by atoms with E-state index in [2.05, 4.69) is 164 Å². The molecular formula is C64H39N3O. The van der Waals surface area contributed by atoms with Gasteiger partial charge in [0.2, 0.25) is 0 Å². The highest BCUT2D eigenvalue weighted by molar-refractivity contribution is 6.13. The SMILES string of the molecule is c1ccc(-c2nc(-c3ccccc3)nc(-c3cccc4oc5ccc(-c6cccc(-c7ccc(-c8cccc9c8-c8ccccc8C98c9ccccc9-c9ccccc98)cc7)c6)cc5c34)n2)cc1. The van der Waals surface area contributed by atoms with Crippen molar-refractivity contribution in [1.82, 2.24) is 15.0 Å². The fourth-order valence-electron chi connectivity index (χ4n) is 11.2. The molecule has 10 aromatic carbocycles. The van der Waals surface area contributed by atoms with Crippen molar-refractivity contribution in [2.24, 2.45) is 0 Å².